The first-order chi connectivity index (χ1) is 9.08. The molecular weight excluding hydrogens is 246 g/mol. The van der Waals surface area contributed by atoms with Crippen LogP contribution >= 0.6 is 0 Å². The fourth-order valence-corrected chi connectivity index (χ4v) is 2.05. The fraction of sp³-hybridized carbons (Fsp3) is 0.857. The molecule has 19 heavy (non-hydrogen) atoms. The second-order valence-electron chi connectivity index (χ2n) is 4.94. The zero-order chi connectivity index (χ0) is 14.3. The number of nitrogens with zero attached hydrogens (tertiary/aromatic N) is 1. The van der Waals surface area contributed by atoms with Crippen molar-refractivity contribution in [2.75, 3.05) is 26.3 Å². The quantitative estimate of drug-likeness (QED) is 0.689. The highest BCUT2D eigenvalue weighted by Gasteiger charge is 2.28. The van der Waals surface area contributed by atoms with E-state index in [1.54, 1.807) is 4.90 Å². The zero-order valence-electron chi connectivity index (χ0n) is 12.2. The number of hydrogen-bond donors (Lipinski definition) is 0. The van der Waals surface area contributed by atoms with Gasteiger partial charge in [0, 0.05) is 13.1 Å². The molecule has 0 aromatic carbocycles. The summed E-state index contributed by atoms with van der Waals surface area (Å²) >= 11 is 0. The van der Waals surface area contributed by atoms with Gasteiger partial charge in [0.15, 0.2) is 0 Å². The highest BCUT2D eigenvalue weighted by Crippen LogP contribution is 2.18. The van der Waals surface area contributed by atoms with E-state index in [1.165, 1.54) is 0 Å². The van der Waals surface area contributed by atoms with Gasteiger partial charge < -0.3 is 14.4 Å². The largest absolute Gasteiger partial charge is 0.466 e. The number of likely N-dealkylation sites (tertiary alicyclic amines) is 1. The molecule has 0 aromatic heterocycles. The Bertz CT molecular complexity index is 298. The van der Waals surface area contributed by atoms with Gasteiger partial charge in [-0.05, 0) is 33.1 Å². The molecule has 1 aliphatic rings. The van der Waals surface area contributed by atoms with E-state index in [1.807, 2.05) is 20.8 Å². The van der Waals surface area contributed by atoms with Gasteiger partial charge in [0.1, 0.15) is 6.61 Å². The van der Waals surface area contributed by atoms with Crippen LogP contribution in [0.1, 0.15) is 40.0 Å². The van der Waals surface area contributed by atoms with E-state index >= 15 is 0 Å². The van der Waals surface area contributed by atoms with Crippen molar-refractivity contribution < 1.29 is 19.1 Å². The maximum absolute atomic E-state index is 11.9. The Morgan fingerprint density at radius 1 is 1.26 bits per heavy atom. The van der Waals surface area contributed by atoms with Gasteiger partial charge in [0.2, 0.25) is 5.91 Å². The lowest BCUT2D eigenvalue weighted by atomic mass is 9.97. The maximum Gasteiger partial charge on any atom is 0.309 e. The highest BCUT2D eigenvalue weighted by atomic mass is 16.5. The summed E-state index contributed by atoms with van der Waals surface area (Å²) in [7, 11) is 0. The number of amides is 1. The van der Waals surface area contributed by atoms with Crippen LogP contribution in [0.25, 0.3) is 0 Å². The Hall–Kier alpha value is -1.10. The molecule has 5 nitrogen and oxygen atoms in total. The number of hydrogen-bond acceptors (Lipinski definition) is 4. The van der Waals surface area contributed by atoms with Gasteiger partial charge in [-0.1, -0.05) is 6.92 Å². The summed E-state index contributed by atoms with van der Waals surface area (Å²) < 4.78 is 10.4. The van der Waals surface area contributed by atoms with Crippen LogP contribution < -0.4 is 0 Å². The van der Waals surface area contributed by atoms with Gasteiger partial charge in [-0.25, -0.2) is 0 Å². The molecular formula is C14H25NO4. The second kappa shape index (κ2) is 8.15. The van der Waals surface area contributed by atoms with E-state index in [2.05, 4.69) is 0 Å². The smallest absolute Gasteiger partial charge is 0.309 e. The summed E-state index contributed by atoms with van der Waals surface area (Å²) in [6.07, 6.45) is 2.39. The lowest BCUT2D eigenvalue weighted by Gasteiger charge is -2.31. The SMILES string of the molecule is CCOC(=O)C1CCN(C(=O)COC(C)CC)CC1. The van der Waals surface area contributed by atoms with Crippen LogP contribution in [0.4, 0.5) is 0 Å². The molecule has 1 fully saturated rings. The number of rotatable bonds is 6. The summed E-state index contributed by atoms with van der Waals surface area (Å²) in [5.74, 6) is -0.174. The molecule has 0 N–H and O–H groups in total. The molecule has 1 amide bonds. The Balaban J connectivity index is 2.29. The van der Waals surface area contributed by atoms with Crippen molar-refractivity contribution >= 4 is 11.9 Å². The number of ether oxygens (including phenoxy) is 2. The third-order valence-corrected chi connectivity index (χ3v) is 3.53. The number of carbonyl (C=O) groups is 2. The molecule has 1 heterocycles. The first-order valence-corrected chi connectivity index (χ1v) is 7.14. The molecule has 1 aliphatic heterocycles. The molecule has 0 aromatic rings. The van der Waals surface area contributed by atoms with E-state index in [4.69, 9.17) is 9.47 Å². The summed E-state index contributed by atoms with van der Waals surface area (Å²) in [4.78, 5) is 25.3. The molecule has 1 atom stereocenters. The van der Waals surface area contributed by atoms with Gasteiger partial charge in [-0.15, -0.1) is 0 Å². The van der Waals surface area contributed by atoms with E-state index in [0.717, 1.165) is 6.42 Å². The monoisotopic (exact) mass is 271 g/mol. The standard InChI is InChI=1S/C14H25NO4/c1-4-11(3)19-10-13(16)15-8-6-12(7-9-15)14(17)18-5-2/h11-12H,4-10H2,1-3H3. The van der Waals surface area contributed by atoms with Crippen LogP contribution in [0.2, 0.25) is 0 Å². The molecule has 1 rings (SSSR count). The molecule has 0 spiro atoms. The first kappa shape index (κ1) is 16.0. The first-order valence-electron chi connectivity index (χ1n) is 7.14. The van der Waals surface area contributed by atoms with Crippen molar-refractivity contribution in [3.8, 4) is 0 Å². The summed E-state index contributed by atoms with van der Waals surface area (Å²) in [5, 5.41) is 0. The molecule has 0 saturated carbocycles. The summed E-state index contributed by atoms with van der Waals surface area (Å²) in [6, 6.07) is 0. The third kappa shape index (κ3) is 5.19. The highest BCUT2D eigenvalue weighted by molar-refractivity contribution is 5.78. The Morgan fingerprint density at radius 3 is 2.42 bits per heavy atom. The van der Waals surface area contributed by atoms with Crippen molar-refractivity contribution in [1.29, 1.82) is 0 Å². The Morgan fingerprint density at radius 2 is 1.89 bits per heavy atom. The predicted octanol–water partition coefficient (Wildman–Crippen LogP) is 1.60. The van der Waals surface area contributed by atoms with Gasteiger partial charge in [0.05, 0.1) is 18.6 Å². The molecule has 0 radical (unpaired) electrons. The van der Waals surface area contributed by atoms with Crippen LogP contribution in [-0.4, -0.2) is 49.2 Å². The van der Waals surface area contributed by atoms with Gasteiger partial charge in [-0.2, -0.15) is 0 Å². The Labute approximate surface area is 115 Å². The van der Waals surface area contributed by atoms with E-state index in [-0.39, 0.29) is 30.5 Å². The number of piperidine rings is 1. The van der Waals surface area contributed by atoms with Crippen LogP contribution in [-0.2, 0) is 19.1 Å². The van der Waals surface area contributed by atoms with Crippen molar-refractivity contribution in [2.24, 2.45) is 5.92 Å². The van der Waals surface area contributed by atoms with Crippen LogP contribution in [0.3, 0.4) is 0 Å². The van der Waals surface area contributed by atoms with E-state index in [9.17, 15) is 9.59 Å². The molecule has 1 unspecified atom stereocenters. The van der Waals surface area contributed by atoms with Gasteiger partial charge in [-0.3, -0.25) is 9.59 Å². The van der Waals surface area contributed by atoms with Crippen molar-refractivity contribution in [3.05, 3.63) is 0 Å². The van der Waals surface area contributed by atoms with Crippen LogP contribution in [0.15, 0.2) is 0 Å². The zero-order valence-corrected chi connectivity index (χ0v) is 12.2. The lowest BCUT2D eigenvalue weighted by molar-refractivity contribution is -0.152. The van der Waals surface area contributed by atoms with Crippen LogP contribution in [0, 0.1) is 5.92 Å². The molecule has 0 bridgehead atoms. The summed E-state index contributed by atoms with van der Waals surface area (Å²) in [5.41, 5.74) is 0. The number of esters is 1. The fourth-order valence-electron chi connectivity index (χ4n) is 2.05. The normalized spacial score (nSPS) is 18.2. The average molecular weight is 271 g/mol. The number of carbonyl (C=O) groups excluding carboxylic acids is 2. The van der Waals surface area contributed by atoms with E-state index in [0.29, 0.717) is 32.5 Å². The minimum Gasteiger partial charge on any atom is -0.466 e. The minimum atomic E-state index is -0.134. The second-order valence-corrected chi connectivity index (χ2v) is 4.94. The third-order valence-electron chi connectivity index (χ3n) is 3.53. The minimum absolute atomic E-state index is 0.0163. The van der Waals surface area contributed by atoms with Crippen LogP contribution in [0.5, 0.6) is 0 Å². The van der Waals surface area contributed by atoms with Crippen molar-refractivity contribution in [2.45, 2.75) is 46.1 Å². The molecule has 1 saturated heterocycles. The van der Waals surface area contributed by atoms with Gasteiger partial charge >= 0.3 is 5.97 Å². The lowest BCUT2D eigenvalue weighted by Crippen LogP contribution is -2.42. The topological polar surface area (TPSA) is 55.8 Å². The predicted molar refractivity (Wildman–Crippen MR) is 71.6 cm³/mol. The molecule has 0 aliphatic carbocycles. The average Bonchev–Trinajstić information content (AvgIpc) is 2.44. The molecule has 5 heteroatoms. The Kier molecular flexibility index (Phi) is 6.84. The van der Waals surface area contributed by atoms with Crippen molar-refractivity contribution in [1.82, 2.24) is 4.90 Å². The van der Waals surface area contributed by atoms with E-state index < -0.39 is 0 Å². The maximum atomic E-state index is 11.9. The summed E-state index contributed by atoms with van der Waals surface area (Å²) in [6.45, 7) is 7.58. The van der Waals surface area contributed by atoms with Gasteiger partial charge in [0.25, 0.3) is 0 Å². The van der Waals surface area contributed by atoms with Crippen molar-refractivity contribution in [3.63, 3.8) is 0 Å². The molecule has 110 valence electrons.